The van der Waals surface area contributed by atoms with Gasteiger partial charge in [0.2, 0.25) is 0 Å². The van der Waals surface area contributed by atoms with Gasteiger partial charge in [-0.05, 0) is 88.0 Å². The molecule has 0 amide bonds. The van der Waals surface area contributed by atoms with E-state index < -0.39 is 0 Å². The molecule has 2 nitrogen and oxygen atoms in total. The molecule has 0 atom stereocenters. The summed E-state index contributed by atoms with van der Waals surface area (Å²) in [4.78, 5) is 0. The standard InChI is InChI=1S/C48H32N2/c1-3-15-35(16-4-1)49-46-26-14-12-24-42(46)44-31-33(28-30-47(44)49)37-19-7-9-21-39(37)40-22-10-8-20-38(40)34-27-29-43-41-23-11-13-25-45(41)50(48(43)32-34)36-17-5-2-6-18-36/h1-32H. The summed E-state index contributed by atoms with van der Waals surface area (Å²) >= 11 is 0. The second-order valence-corrected chi connectivity index (χ2v) is 12.9. The van der Waals surface area contributed by atoms with Gasteiger partial charge in [0, 0.05) is 32.9 Å². The molecular weight excluding hydrogens is 605 g/mol. The smallest absolute Gasteiger partial charge is 0.0547 e. The van der Waals surface area contributed by atoms with E-state index in [9.17, 15) is 0 Å². The maximum absolute atomic E-state index is 2.39. The number of fused-ring (bicyclic) bond motifs is 6. The summed E-state index contributed by atoms with van der Waals surface area (Å²) in [5, 5.41) is 5.03. The average Bonchev–Trinajstić information content (AvgIpc) is 3.71. The van der Waals surface area contributed by atoms with E-state index in [1.54, 1.807) is 0 Å². The predicted octanol–water partition coefficient (Wildman–Crippen LogP) is 12.9. The lowest BCUT2D eigenvalue weighted by atomic mass is 9.89. The van der Waals surface area contributed by atoms with Gasteiger partial charge in [-0.2, -0.15) is 0 Å². The number of para-hydroxylation sites is 4. The Morgan fingerprint density at radius 1 is 0.240 bits per heavy atom. The summed E-state index contributed by atoms with van der Waals surface area (Å²) in [6.45, 7) is 0. The first-order valence-electron chi connectivity index (χ1n) is 17.2. The third-order valence-electron chi connectivity index (χ3n) is 10.1. The number of rotatable bonds is 5. The molecule has 234 valence electrons. The van der Waals surface area contributed by atoms with Crippen LogP contribution in [-0.4, -0.2) is 9.13 Å². The van der Waals surface area contributed by atoms with Gasteiger partial charge in [0.25, 0.3) is 0 Å². The van der Waals surface area contributed by atoms with Crippen molar-refractivity contribution in [3.63, 3.8) is 0 Å². The highest BCUT2D eigenvalue weighted by Crippen LogP contribution is 2.42. The van der Waals surface area contributed by atoms with Crippen LogP contribution in [0.1, 0.15) is 0 Å². The Labute approximate surface area is 290 Å². The highest BCUT2D eigenvalue weighted by molar-refractivity contribution is 6.12. The number of aromatic nitrogens is 2. The molecule has 0 spiro atoms. The van der Waals surface area contributed by atoms with E-state index in [0.717, 1.165) is 0 Å². The Morgan fingerprint density at radius 2 is 0.640 bits per heavy atom. The van der Waals surface area contributed by atoms with E-state index in [1.807, 2.05) is 0 Å². The van der Waals surface area contributed by atoms with Crippen LogP contribution in [0, 0.1) is 0 Å². The first-order chi connectivity index (χ1) is 24.8. The van der Waals surface area contributed by atoms with E-state index in [1.165, 1.54) is 88.4 Å². The van der Waals surface area contributed by atoms with Crippen LogP contribution in [0.5, 0.6) is 0 Å². The highest BCUT2D eigenvalue weighted by Gasteiger charge is 2.18. The third kappa shape index (κ3) is 4.43. The highest BCUT2D eigenvalue weighted by atomic mass is 15.0. The molecule has 0 aliphatic carbocycles. The molecule has 0 N–H and O–H groups in total. The second-order valence-electron chi connectivity index (χ2n) is 12.9. The molecule has 0 saturated heterocycles. The molecule has 0 aliphatic heterocycles. The lowest BCUT2D eigenvalue weighted by Crippen LogP contribution is -1.94. The van der Waals surface area contributed by atoms with Crippen LogP contribution < -0.4 is 0 Å². The fourth-order valence-corrected chi connectivity index (χ4v) is 7.93. The van der Waals surface area contributed by atoms with Gasteiger partial charge in [0.05, 0.1) is 22.1 Å². The molecule has 0 aliphatic rings. The van der Waals surface area contributed by atoms with Gasteiger partial charge < -0.3 is 9.13 Å². The lowest BCUT2D eigenvalue weighted by Gasteiger charge is -2.16. The van der Waals surface area contributed by atoms with E-state index in [4.69, 9.17) is 0 Å². The summed E-state index contributed by atoms with van der Waals surface area (Å²) < 4.78 is 4.77. The molecule has 50 heavy (non-hydrogen) atoms. The largest absolute Gasteiger partial charge is 0.309 e. The molecule has 0 bridgehead atoms. The molecule has 0 unspecified atom stereocenters. The number of nitrogens with zero attached hydrogens (tertiary/aromatic N) is 2. The maximum atomic E-state index is 2.39. The molecule has 0 radical (unpaired) electrons. The van der Waals surface area contributed by atoms with Crippen molar-refractivity contribution in [2.45, 2.75) is 0 Å². The molecule has 8 aromatic carbocycles. The van der Waals surface area contributed by atoms with Crippen LogP contribution in [-0.2, 0) is 0 Å². The van der Waals surface area contributed by atoms with Gasteiger partial charge >= 0.3 is 0 Å². The van der Waals surface area contributed by atoms with Crippen molar-refractivity contribution in [2.24, 2.45) is 0 Å². The number of hydrogen-bond acceptors (Lipinski definition) is 0. The van der Waals surface area contributed by atoms with Gasteiger partial charge in [0.15, 0.2) is 0 Å². The first-order valence-corrected chi connectivity index (χ1v) is 17.2. The Balaban J connectivity index is 1.16. The summed E-state index contributed by atoms with van der Waals surface area (Å²) in [5.74, 6) is 0. The second kappa shape index (κ2) is 11.5. The molecule has 10 rings (SSSR count). The Hall–Kier alpha value is -6.64. The molecule has 2 heterocycles. The average molecular weight is 637 g/mol. The van der Waals surface area contributed by atoms with Gasteiger partial charge in [-0.1, -0.05) is 140 Å². The summed E-state index contributed by atoms with van der Waals surface area (Å²) in [5.41, 5.74) is 14.5. The summed E-state index contributed by atoms with van der Waals surface area (Å²) in [7, 11) is 0. The van der Waals surface area contributed by atoms with Crippen molar-refractivity contribution in [3.8, 4) is 44.8 Å². The number of hydrogen-bond donors (Lipinski definition) is 0. The van der Waals surface area contributed by atoms with Crippen LogP contribution in [0.25, 0.3) is 88.4 Å². The zero-order valence-corrected chi connectivity index (χ0v) is 27.4. The first kappa shape index (κ1) is 28.4. The van der Waals surface area contributed by atoms with Crippen molar-refractivity contribution in [1.82, 2.24) is 9.13 Å². The van der Waals surface area contributed by atoms with E-state index in [2.05, 4.69) is 203 Å². The van der Waals surface area contributed by atoms with Crippen LogP contribution >= 0.6 is 0 Å². The fourth-order valence-electron chi connectivity index (χ4n) is 7.93. The normalized spacial score (nSPS) is 11.6. The van der Waals surface area contributed by atoms with Crippen LogP contribution in [0.2, 0.25) is 0 Å². The molecule has 2 heteroatoms. The monoisotopic (exact) mass is 636 g/mol. The van der Waals surface area contributed by atoms with Gasteiger partial charge in [-0.3, -0.25) is 0 Å². The van der Waals surface area contributed by atoms with E-state index in [-0.39, 0.29) is 0 Å². The Kier molecular flexibility index (Phi) is 6.53. The van der Waals surface area contributed by atoms with Crippen molar-refractivity contribution >= 4 is 43.6 Å². The molecule has 0 fully saturated rings. The summed E-state index contributed by atoms with van der Waals surface area (Å²) in [6, 6.07) is 70.4. The fraction of sp³-hybridized carbons (Fsp3) is 0. The topological polar surface area (TPSA) is 9.86 Å². The van der Waals surface area contributed by atoms with Gasteiger partial charge in [-0.25, -0.2) is 0 Å². The predicted molar refractivity (Wildman–Crippen MR) is 211 cm³/mol. The van der Waals surface area contributed by atoms with Crippen molar-refractivity contribution in [2.75, 3.05) is 0 Å². The minimum atomic E-state index is 1.17. The van der Waals surface area contributed by atoms with E-state index >= 15 is 0 Å². The van der Waals surface area contributed by atoms with Crippen LogP contribution in [0.15, 0.2) is 194 Å². The van der Waals surface area contributed by atoms with Gasteiger partial charge in [-0.15, -0.1) is 0 Å². The van der Waals surface area contributed by atoms with Gasteiger partial charge in [0.1, 0.15) is 0 Å². The van der Waals surface area contributed by atoms with Crippen molar-refractivity contribution < 1.29 is 0 Å². The molecule has 0 saturated carbocycles. The SMILES string of the molecule is c1ccc(-n2c3ccccc3c3cc(-c4ccccc4-c4ccccc4-c4ccc5c6ccccc6n(-c6ccccc6)c5c4)ccc32)cc1. The maximum Gasteiger partial charge on any atom is 0.0547 e. The number of benzene rings is 8. The molecular formula is C48H32N2. The zero-order valence-electron chi connectivity index (χ0n) is 27.4. The minimum absolute atomic E-state index is 1.17. The third-order valence-corrected chi connectivity index (χ3v) is 10.1. The lowest BCUT2D eigenvalue weighted by molar-refractivity contribution is 1.18. The quantitative estimate of drug-likeness (QED) is 0.178. The van der Waals surface area contributed by atoms with Crippen LogP contribution in [0.3, 0.4) is 0 Å². The summed E-state index contributed by atoms with van der Waals surface area (Å²) in [6.07, 6.45) is 0. The zero-order chi connectivity index (χ0) is 33.0. The minimum Gasteiger partial charge on any atom is -0.309 e. The van der Waals surface area contributed by atoms with Crippen molar-refractivity contribution in [3.05, 3.63) is 194 Å². The molecule has 2 aromatic heterocycles. The Morgan fingerprint density at radius 3 is 1.24 bits per heavy atom. The molecule has 10 aromatic rings. The van der Waals surface area contributed by atoms with E-state index in [0.29, 0.717) is 0 Å². The van der Waals surface area contributed by atoms with Crippen molar-refractivity contribution in [1.29, 1.82) is 0 Å². The Bertz CT molecular complexity index is 2860. The van der Waals surface area contributed by atoms with Crippen LogP contribution in [0.4, 0.5) is 0 Å².